The molecular weight excluding hydrogens is 320 g/mol. The Morgan fingerprint density at radius 1 is 0.792 bits per heavy atom. The molecule has 5 heteroatoms. The first-order valence-electron chi connectivity index (χ1n) is 7.40. The highest BCUT2D eigenvalue weighted by atomic mass is 35.5. The Hall–Kier alpha value is -2.51. The van der Waals surface area contributed by atoms with Crippen LogP contribution in [0.2, 0.25) is 5.02 Å². The molecule has 0 unspecified atom stereocenters. The highest BCUT2D eigenvalue weighted by Gasteiger charge is 1.96. The van der Waals surface area contributed by atoms with Gasteiger partial charge in [0, 0.05) is 14.1 Å². The standard InChI is InChI=1S/C10H12N2.C9H9ClN2/c1-8-4-5-10(6-9(8)2)12-7-11-3;1-7-3-4-8(10)9(5-7)12-6-11-2/h4-6H,1-3H3;3-5H,1-2H3. The van der Waals surface area contributed by atoms with Crippen molar-refractivity contribution in [2.75, 3.05) is 14.1 Å². The average Bonchev–Trinajstić information content (AvgIpc) is 2.57. The topological polar surface area (TPSA) is 49.4 Å². The molecule has 4 nitrogen and oxygen atoms in total. The molecule has 0 bridgehead atoms. The number of rotatable bonds is 2. The van der Waals surface area contributed by atoms with Crippen LogP contribution in [0.15, 0.2) is 56.4 Å². The van der Waals surface area contributed by atoms with Gasteiger partial charge < -0.3 is 0 Å². The van der Waals surface area contributed by atoms with Gasteiger partial charge in [0.15, 0.2) is 0 Å². The third-order valence-corrected chi connectivity index (χ3v) is 3.46. The van der Waals surface area contributed by atoms with Crippen LogP contribution in [0.4, 0.5) is 11.4 Å². The molecule has 2 aromatic rings. The maximum Gasteiger partial charge on any atom is 0.0946 e. The van der Waals surface area contributed by atoms with Gasteiger partial charge in [-0.2, -0.15) is 9.98 Å². The third-order valence-electron chi connectivity index (χ3n) is 3.14. The Morgan fingerprint density at radius 3 is 2.08 bits per heavy atom. The average molecular weight is 341 g/mol. The van der Waals surface area contributed by atoms with Crippen molar-refractivity contribution in [3.63, 3.8) is 0 Å². The van der Waals surface area contributed by atoms with E-state index < -0.39 is 0 Å². The van der Waals surface area contributed by atoms with Crippen molar-refractivity contribution in [2.24, 2.45) is 20.0 Å². The highest BCUT2D eigenvalue weighted by Crippen LogP contribution is 2.24. The molecule has 0 aliphatic rings. The molecular formula is C19H21ClN4. The minimum atomic E-state index is 0.622. The van der Waals surface area contributed by atoms with Crippen LogP contribution >= 0.6 is 11.6 Å². The summed E-state index contributed by atoms with van der Waals surface area (Å²) < 4.78 is 0. The van der Waals surface area contributed by atoms with E-state index in [9.17, 15) is 0 Å². The lowest BCUT2D eigenvalue weighted by Crippen LogP contribution is -1.77. The molecule has 0 amide bonds. The molecule has 2 aromatic carbocycles. The summed E-state index contributed by atoms with van der Waals surface area (Å²) in [6, 6.07) is 16.7. The van der Waals surface area contributed by atoms with E-state index in [0.717, 1.165) is 11.3 Å². The van der Waals surface area contributed by atoms with Crippen LogP contribution in [-0.2, 0) is 0 Å². The van der Waals surface area contributed by atoms with Crippen LogP contribution in [0, 0.1) is 20.8 Å². The fourth-order valence-corrected chi connectivity index (χ4v) is 1.87. The second-order valence-electron chi connectivity index (χ2n) is 5.09. The number of aryl methyl sites for hydroxylation is 3. The summed E-state index contributed by atoms with van der Waals surface area (Å²) in [6.45, 7) is 6.13. The molecule has 0 saturated heterocycles. The number of hydrogen-bond donors (Lipinski definition) is 0. The van der Waals surface area contributed by atoms with Crippen molar-refractivity contribution in [3.05, 3.63) is 58.1 Å². The lowest BCUT2D eigenvalue weighted by Gasteiger charge is -1.98. The van der Waals surface area contributed by atoms with Gasteiger partial charge in [-0.3, -0.25) is 0 Å². The minimum Gasteiger partial charge on any atom is -0.229 e. The van der Waals surface area contributed by atoms with Crippen molar-refractivity contribution in [3.8, 4) is 0 Å². The summed E-state index contributed by atoms with van der Waals surface area (Å²) in [5.41, 5.74) is 5.26. The fraction of sp³-hybridized carbons (Fsp3) is 0.263. The van der Waals surface area contributed by atoms with Gasteiger partial charge in [0.2, 0.25) is 0 Å². The number of benzene rings is 2. The molecule has 2 rings (SSSR count). The van der Waals surface area contributed by atoms with Gasteiger partial charge in [-0.1, -0.05) is 23.7 Å². The summed E-state index contributed by atoms with van der Waals surface area (Å²) >= 11 is 5.86. The molecule has 0 fully saturated rings. The van der Waals surface area contributed by atoms with Gasteiger partial charge >= 0.3 is 0 Å². The van der Waals surface area contributed by atoms with Gasteiger partial charge in [0.1, 0.15) is 0 Å². The highest BCUT2D eigenvalue weighted by molar-refractivity contribution is 6.33. The zero-order valence-electron chi connectivity index (χ0n) is 14.6. The van der Waals surface area contributed by atoms with Crippen molar-refractivity contribution < 1.29 is 0 Å². The van der Waals surface area contributed by atoms with Crippen molar-refractivity contribution in [1.82, 2.24) is 0 Å². The Labute approximate surface area is 148 Å². The number of hydrogen-bond acceptors (Lipinski definition) is 4. The monoisotopic (exact) mass is 340 g/mol. The Kier molecular flexibility index (Phi) is 8.38. The molecule has 0 aromatic heterocycles. The van der Waals surface area contributed by atoms with E-state index >= 15 is 0 Å². The number of aliphatic imine (C=N–C) groups is 4. The molecule has 0 N–H and O–H groups in total. The first kappa shape index (κ1) is 19.5. The van der Waals surface area contributed by atoms with Crippen molar-refractivity contribution >= 4 is 35.0 Å². The Balaban J connectivity index is 0.000000240. The van der Waals surface area contributed by atoms with Gasteiger partial charge in [-0.05, 0) is 61.7 Å². The quantitative estimate of drug-likeness (QED) is 0.618. The lowest BCUT2D eigenvalue weighted by molar-refractivity contribution is 1.32. The summed E-state index contributed by atoms with van der Waals surface area (Å²) in [5.74, 6) is 0. The first-order valence-corrected chi connectivity index (χ1v) is 7.78. The van der Waals surface area contributed by atoms with Crippen molar-refractivity contribution in [1.29, 1.82) is 0 Å². The summed E-state index contributed by atoms with van der Waals surface area (Å²) in [4.78, 5) is 15.2. The van der Waals surface area contributed by atoms with E-state index in [1.807, 2.05) is 43.3 Å². The summed E-state index contributed by atoms with van der Waals surface area (Å²) in [6.07, 6.45) is 0. The van der Waals surface area contributed by atoms with E-state index in [1.165, 1.54) is 11.1 Å². The molecule has 0 atom stereocenters. The molecule has 0 aliphatic carbocycles. The minimum absolute atomic E-state index is 0.622. The van der Waals surface area contributed by atoms with Crippen LogP contribution in [0.5, 0.6) is 0 Å². The van der Waals surface area contributed by atoms with E-state index in [4.69, 9.17) is 11.6 Å². The van der Waals surface area contributed by atoms with Crippen LogP contribution in [0.1, 0.15) is 16.7 Å². The van der Waals surface area contributed by atoms with E-state index in [0.29, 0.717) is 10.7 Å². The Bertz CT molecular complexity index is 812. The number of halogens is 1. The van der Waals surface area contributed by atoms with E-state index in [2.05, 4.69) is 45.8 Å². The predicted octanol–water partition coefficient (Wildman–Crippen LogP) is 5.82. The van der Waals surface area contributed by atoms with Gasteiger partial charge in [-0.15, -0.1) is 0 Å². The lowest BCUT2D eigenvalue weighted by atomic mass is 10.1. The molecule has 124 valence electrons. The maximum atomic E-state index is 5.86. The predicted molar refractivity (Wildman–Crippen MR) is 103 cm³/mol. The van der Waals surface area contributed by atoms with Crippen LogP contribution in [0.25, 0.3) is 0 Å². The largest absolute Gasteiger partial charge is 0.229 e. The molecule has 0 aliphatic heterocycles. The molecule has 0 radical (unpaired) electrons. The van der Waals surface area contributed by atoms with Crippen molar-refractivity contribution in [2.45, 2.75) is 20.8 Å². The summed E-state index contributed by atoms with van der Waals surface area (Å²) in [5, 5.41) is 0.622. The Morgan fingerprint density at radius 2 is 1.46 bits per heavy atom. The van der Waals surface area contributed by atoms with Crippen LogP contribution < -0.4 is 0 Å². The zero-order chi connectivity index (χ0) is 17.9. The molecule has 0 spiro atoms. The van der Waals surface area contributed by atoms with Gasteiger partial charge in [0.05, 0.1) is 28.4 Å². The first-order chi connectivity index (χ1) is 11.5. The normalized spacial score (nSPS) is 8.92. The molecule has 0 heterocycles. The van der Waals surface area contributed by atoms with E-state index in [1.54, 1.807) is 14.1 Å². The summed E-state index contributed by atoms with van der Waals surface area (Å²) in [7, 11) is 3.28. The number of nitrogens with zero attached hydrogens (tertiary/aromatic N) is 4. The SMILES string of the molecule is CN=C=Nc1cc(C)ccc1Cl.CN=C=Nc1ccc(C)c(C)c1. The second kappa shape index (κ2) is 10.3. The second-order valence-corrected chi connectivity index (χ2v) is 5.50. The van der Waals surface area contributed by atoms with E-state index in [-0.39, 0.29) is 0 Å². The fourth-order valence-electron chi connectivity index (χ4n) is 1.72. The molecule has 24 heavy (non-hydrogen) atoms. The smallest absolute Gasteiger partial charge is 0.0946 e. The van der Waals surface area contributed by atoms with Crippen LogP contribution in [0.3, 0.4) is 0 Å². The zero-order valence-corrected chi connectivity index (χ0v) is 15.4. The van der Waals surface area contributed by atoms with Gasteiger partial charge in [-0.25, -0.2) is 9.98 Å². The van der Waals surface area contributed by atoms with Gasteiger partial charge in [0.25, 0.3) is 0 Å². The molecule has 0 saturated carbocycles. The van der Waals surface area contributed by atoms with Crippen LogP contribution in [-0.4, -0.2) is 26.1 Å². The third kappa shape index (κ3) is 6.72. The maximum absolute atomic E-state index is 5.86.